The number of carboxylic acids is 1. The van der Waals surface area contributed by atoms with Crippen molar-refractivity contribution in [3.8, 4) is 11.1 Å². The van der Waals surface area contributed by atoms with Crippen LogP contribution in [-0.4, -0.2) is 124 Å². The first kappa shape index (κ1) is 40.7. The quantitative estimate of drug-likeness (QED) is 0.0956. The fourth-order valence-electron chi connectivity index (χ4n) is 6.33. The zero-order valence-electron chi connectivity index (χ0n) is 30.8. The molecule has 1 atom stereocenters. The first-order valence-electron chi connectivity index (χ1n) is 18.4. The van der Waals surface area contributed by atoms with Crippen molar-refractivity contribution in [1.82, 2.24) is 9.97 Å². The van der Waals surface area contributed by atoms with Crippen LogP contribution in [0.5, 0.6) is 0 Å². The van der Waals surface area contributed by atoms with Gasteiger partial charge in [0, 0.05) is 38.0 Å². The van der Waals surface area contributed by atoms with E-state index < -0.39 is 5.97 Å². The van der Waals surface area contributed by atoms with Gasteiger partial charge < -0.3 is 43.7 Å². The van der Waals surface area contributed by atoms with Gasteiger partial charge in [-0.1, -0.05) is 30.3 Å². The van der Waals surface area contributed by atoms with Gasteiger partial charge in [0.15, 0.2) is 0 Å². The lowest BCUT2D eigenvalue weighted by atomic mass is 9.98. The zero-order chi connectivity index (χ0) is 38.1. The molecule has 0 bridgehead atoms. The Bertz CT molecular complexity index is 1640. The monoisotopic (exact) mass is 749 g/mol. The SMILES string of the molecule is CC(=O)N1c2ccc(-c3cnc(N(C=O)CCOCCOCCOCCOCCOCCC(=O)O)nc3)cc2N(Cc2ccccc2CO)C[C@@H]1C1CC1. The molecule has 2 aliphatic rings. The number of amides is 2. The molecular formula is C39H51N5O10. The van der Waals surface area contributed by atoms with E-state index in [9.17, 15) is 19.5 Å². The molecule has 2 N–H and O–H groups in total. The maximum atomic E-state index is 13.0. The molecule has 0 unspecified atom stereocenters. The van der Waals surface area contributed by atoms with Crippen molar-refractivity contribution >= 4 is 35.6 Å². The molecule has 0 saturated heterocycles. The third-order valence-electron chi connectivity index (χ3n) is 9.25. The van der Waals surface area contributed by atoms with Gasteiger partial charge in [-0.3, -0.25) is 19.3 Å². The number of hydrogen-bond acceptors (Lipinski definition) is 12. The molecule has 3 aromatic rings. The van der Waals surface area contributed by atoms with Gasteiger partial charge in [-0.25, -0.2) is 9.97 Å². The lowest BCUT2D eigenvalue weighted by Gasteiger charge is -2.44. The second-order valence-corrected chi connectivity index (χ2v) is 13.1. The minimum Gasteiger partial charge on any atom is -0.481 e. The Hall–Kier alpha value is -4.51. The second-order valence-electron chi connectivity index (χ2n) is 13.1. The van der Waals surface area contributed by atoms with Gasteiger partial charge in [0.2, 0.25) is 18.3 Å². The van der Waals surface area contributed by atoms with Crippen LogP contribution in [-0.2, 0) is 51.2 Å². The Morgan fingerprint density at radius 1 is 0.815 bits per heavy atom. The number of carboxylic acid groups (broad SMARTS) is 1. The molecule has 1 aliphatic heterocycles. The molecular weight excluding hydrogens is 698 g/mol. The first-order chi connectivity index (χ1) is 26.4. The largest absolute Gasteiger partial charge is 0.481 e. The third kappa shape index (κ3) is 12.0. The average Bonchev–Trinajstić information content (AvgIpc) is 4.03. The van der Waals surface area contributed by atoms with Gasteiger partial charge >= 0.3 is 5.97 Å². The number of aliphatic hydroxyl groups is 1. The van der Waals surface area contributed by atoms with Crippen LogP contribution in [0.2, 0.25) is 0 Å². The highest BCUT2D eigenvalue weighted by molar-refractivity contribution is 5.98. The van der Waals surface area contributed by atoms with E-state index in [1.807, 2.05) is 41.3 Å². The topological polar surface area (TPSA) is 173 Å². The Morgan fingerprint density at radius 3 is 1.96 bits per heavy atom. The van der Waals surface area contributed by atoms with Gasteiger partial charge in [0.25, 0.3) is 0 Å². The van der Waals surface area contributed by atoms with E-state index in [0.29, 0.717) is 78.3 Å². The fraction of sp³-hybridized carbons (Fsp3) is 0.513. The van der Waals surface area contributed by atoms with Crippen molar-refractivity contribution in [3.05, 3.63) is 66.0 Å². The summed E-state index contributed by atoms with van der Waals surface area (Å²) in [7, 11) is 0. The number of aromatic nitrogens is 2. The summed E-state index contributed by atoms with van der Waals surface area (Å²) in [5.74, 6) is -0.136. The number of benzene rings is 2. The van der Waals surface area contributed by atoms with Crippen LogP contribution in [0, 0.1) is 5.92 Å². The summed E-state index contributed by atoms with van der Waals surface area (Å²) < 4.78 is 27.1. The number of fused-ring (bicyclic) bond motifs is 1. The Kier molecular flexibility index (Phi) is 16.1. The Labute approximate surface area is 315 Å². The summed E-state index contributed by atoms with van der Waals surface area (Å²) >= 11 is 0. The molecule has 2 heterocycles. The van der Waals surface area contributed by atoms with Crippen molar-refractivity contribution in [3.63, 3.8) is 0 Å². The second kappa shape index (κ2) is 21.4. The predicted molar refractivity (Wildman–Crippen MR) is 200 cm³/mol. The van der Waals surface area contributed by atoms with E-state index in [4.69, 9.17) is 28.8 Å². The van der Waals surface area contributed by atoms with Crippen molar-refractivity contribution in [2.24, 2.45) is 5.92 Å². The third-order valence-corrected chi connectivity index (χ3v) is 9.25. The molecule has 1 aliphatic carbocycles. The van der Waals surface area contributed by atoms with E-state index in [0.717, 1.165) is 46.5 Å². The summed E-state index contributed by atoms with van der Waals surface area (Å²) in [5.41, 5.74) is 5.38. The lowest BCUT2D eigenvalue weighted by Crippen LogP contribution is -2.52. The molecule has 292 valence electrons. The van der Waals surface area contributed by atoms with Gasteiger partial charge in [-0.15, -0.1) is 0 Å². The lowest BCUT2D eigenvalue weighted by molar-refractivity contribution is -0.138. The normalized spacial score (nSPS) is 15.3. The standard InChI is InChI=1S/C39H51N5O10/c1-29(47)44-35-9-8-31(22-36(35)43(26-37(44)30-6-7-30)25-32-4-2-3-5-33(32)27-45)34-23-40-39(41-24-34)42(28-46)11-13-51-15-17-53-19-21-54-20-18-52-16-14-50-12-10-38(48)49/h2-5,8-9,22-24,28,30,37,45H,6-7,10-21,25-27H2,1H3,(H,48,49)/t37-/m1/s1. The number of carbonyl (C=O) groups excluding carboxylic acids is 2. The van der Waals surface area contributed by atoms with Gasteiger partial charge in [0.1, 0.15) is 0 Å². The number of aliphatic hydroxyl groups excluding tert-OH is 1. The maximum Gasteiger partial charge on any atom is 0.305 e. The summed E-state index contributed by atoms with van der Waals surface area (Å²) in [4.78, 5) is 49.9. The van der Waals surface area contributed by atoms with E-state index in [-0.39, 0.29) is 50.7 Å². The highest BCUT2D eigenvalue weighted by atomic mass is 16.6. The summed E-state index contributed by atoms with van der Waals surface area (Å²) in [6.45, 7) is 6.64. The molecule has 54 heavy (non-hydrogen) atoms. The summed E-state index contributed by atoms with van der Waals surface area (Å²) in [6.07, 6.45) is 6.25. The van der Waals surface area contributed by atoms with Crippen LogP contribution < -0.4 is 14.7 Å². The number of carbonyl (C=O) groups is 3. The van der Waals surface area contributed by atoms with E-state index >= 15 is 0 Å². The van der Waals surface area contributed by atoms with Gasteiger partial charge in [-0.2, -0.15) is 0 Å². The van der Waals surface area contributed by atoms with Crippen molar-refractivity contribution in [2.75, 3.05) is 93.9 Å². The van der Waals surface area contributed by atoms with Crippen LogP contribution in [0.25, 0.3) is 11.1 Å². The smallest absolute Gasteiger partial charge is 0.305 e. The molecule has 5 rings (SSSR count). The number of nitrogens with zero attached hydrogens (tertiary/aromatic N) is 5. The van der Waals surface area contributed by atoms with Crippen molar-refractivity contribution in [2.45, 2.75) is 45.4 Å². The highest BCUT2D eigenvalue weighted by Gasteiger charge is 2.42. The van der Waals surface area contributed by atoms with Crippen LogP contribution in [0.4, 0.5) is 17.3 Å². The molecule has 15 nitrogen and oxygen atoms in total. The van der Waals surface area contributed by atoms with E-state index in [2.05, 4.69) is 20.9 Å². The van der Waals surface area contributed by atoms with Crippen molar-refractivity contribution < 1.29 is 48.3 Å². The minimum absolute atomic E-state index is 0.0231. The fourth-order valence-corrected chi connectivity index (χ4v) is 6.33. The maximum absolute atomic E-state index is 13.0. The highest BCUT2D eigenvalue weighted by Crippen LogP contribution is 2.45. The molecule has 2 amide bonds. The summed E-state index contributed by atoms with van der Waals surface area (Å²) in [6, 6.07) is 14.0. The van der Waals surface area contributed by atoms with Crippen LogP contribution in [0.15, 0.2) is 54.9 Å². The molecule has 2 aromatic carbocycles. The summed E-state index contributed by atoms with van der Waals surface area (Å²) in [5, 5.41) is 18.5. The molecule has 1 aromatic heterocycles. The van der Waals surface area contributed by atoms with Gasteiger partial charge in [0.05, 0.1) is 103 Å². The van der Waals surface area contributed by atoms with Gasteiger partial charge in [-0.05, 0) is 47.6 Å². The van der Waals surface area contributed by atoms with E-state index in [1.54, 1.807) is 19.3 Å². The molecule has 0 spiro atoms. The predicted octanol–water partition coefficient (Wildman–Crippen LogP) is 3.31. The van der Waals surface area contributed by atoms with Crippen LogP contribution >= 0.6 is 0 Å². The Morgan fingerprint density at radius 2 is 1.41 bits per heavy atom. The van der Waals surface area contributed by atoms with Crippen molar-refractivity contribution in [1.29, 1.82) is 0 Å². The number of anilines is 3. The molecule has 0 radical (unpaired) electrons. The number of aliphatic carboxylic acids is 1. The molecule has 15 heteroatoms. The molecule has 1 saturated carbocycles. The van der Waals surface area contributed by atoms with Crippen LogP contribution in [0.3, 0.4) is 0 Å². The zero-order valence-corrected chi connectivity index (χ0v) is 30.8. The van der Waals surface area contributed by atoms with Crippen LogP contribution in [0.1, 0.15) is 37.3 Å². The van der Waals surface area contributed by atoms with E-state index in [1.165, 1.54) is 4.90 Å². The minimum atomic E-state index is -0.891. The first-order valence-corrected chi connectivity index (χ1v) is 18.4. The number of ether oxygens (including phenoxy) is 5. The Balaban J connectivity index is 1.07. The number of rotatable bonds is 25. The molecule has 1 fully saturated rings. The average molecular weight is 750 g/mol. The number of hydrogen-bond donors (Lipinski definition) is 2.